The molecule has 0 amide bonds. The molecule has 0 radical (unpaired) electrons. The monoisotopic (exact) mass is 306 g/mol. The molecule has 0 aliphatic heterocycles. The number of benzene rings is 1. The van der Waals surface area contributed by atoms with Crippen molar-refractivity contribution < 1.29 is 13.2 Å². The zero-order valence-corrected chi connectivity index (χ0v) is 11.7. The van der Waals surface area contributed by atoms with Crippen LogP contribution in [0.3, 0.4) is 0 Å². The molecule has 1 aromatic rings. The first-order valence-electron chi connectivity index (χ1n) is 4.92. The Labute approximate surface area is 105 Å². The molecule has 1 unspecified atom stereocenters. The summed E-state index contributed by atoms with van der Waals surface area (Å²) in [6.07, 6.45) is 1.19. The molecule has 0 bridgehead atoms. The fraction of sp³-hybridized carbons (Fsp3) is 0.455. The Bertz CT molecular complexity index is 425. The lowest BCUT2D eigenvalue weighted by molar-refractivity contribution is 0.274. The van der Waals surface area contributed by atoms with E-state index in [1.807, 2.05) is 0 Å². The summed E-state index contributed by atoms with van der Waals surface area (Å²) in [6, 6.07) is 6.47. The van der Waals surface area contributed by atoms with Crippen LogP contribution in [0, 0.1) is 5.92 Å². The van der Waals surface area contributed by atoms with Crippen LogP contribution in [0.5, 0.6) is 5.75 Å². The van der Waals surface area contributed by atoms with E-state index in [4.69, 9.17) is 4.74 Å². The number of hydrogen-bond acceptors (Lipinski definition) is 3. The highest BCUT2D eigenvalue weighted by Crippen LogP contribution is 2.16. The molecular weight excluding hydrogens is 292 g/mol. The Balaban J connectivity index is 2.66. The van der Waals surface area contributed by atoms with E-state index >= 15 is 0 Å². The SMILES string of the molecule is CC(CBr)COc1ccc(S(C)(=O)=O)cc1. The van der Waals surface area contributed by atoms with Crippen molar-refractivity contribution in [3.05, 3.63) is 24.3 Å². The van der Waals surface area contributed by atoms with E-state index in [1.54, 1.807) is 24.3 Å². The van der Waals surface area contributed by atoms with Gasteiger partial charge in [-0.1, -0.05) is 22.9 Å². The summed E-state index contributed by atoms with van der Waals surface area (Å²) in [5.74, 6) is 1.12. The lowest BCUT2D eigenvalue weighted by Gasteiger charge is -2.10. The minimum atomic E-state index is -3.12. The number of hydrogen-bond donors (Lipinski definition) is 0. The van der Waals surface area contributed by atoms with Gasteiger partial charge in [0.05, 0.1) is 11.5 Å². The van der Waals surface area contributed by atoms with E-state index in [9.17, 15) is 8.42 Å². The molecule has 0 aliphatic rings. The van der Waals surface area contributed by atoms with E-state index < -0.39 is 9.84 Å². The van der Waals surface area contributed by atoms with E-state index in [1.165, 1.54) is 6.26 Å². The topological polar surface area (TPSA) is 43.4 Å². The van der Waals surface area contributed by atoms with Gasteiger partial charge in [-0.2, -0.15) is 0 Å². The second-order valence-corrected chi connectivity index (χ2v) is 6.48. The molecule has 3 nitrogen and oxygen atoms in total. The highest BCUT2D eigenvalue weighted by atomic mass is 79.9. The average molecular weight is 307 g/mol. The summed E-state index contributed by atoms with van der Waals surface area (Å²) < 4.78 is 27.9. The molecule has 0 heterocycles. The van der Waals surface area contributed by atoms with Gasteiger partial charge < -0.3 is 4.74 Å². The van der Waals surface area contributed by atoms with Gasteiger partial charge in [0.15, 0.2) is 9.84 Å². The first kappa shape index (κ1) is 13.5. The predicted molar refractivity (Wildman–Crippen MR) is 68.0 cm³/mol. The molecule has 5 heteroatoms. The molecule has 0 saturated heterocycles. The van der Waals surface area contributed by atoms with Crippen molar-refractivity contribution in [1.82, 2.24) is 0 Å². The lowest BCUT2D eigenvalue weighted by Crippen LogP contribution is -2.09. The maximum Gasteiger partial charge on any atom is 0.175 e. The third-order valence-electron chi connectivity index (χ3n) is 2.05. The van der Waals surface area contributed by atoms with Crippen LogP contribution in [0.25, 0.3) is 0 Å². The largest absolute Gasteiger partial charge is 0.493 e. The fourth-order valence-electron chi connectivity index (χ4n) is 1.07. The standard InChI is InChI=1S/C11H15BrO3S/c1-9(7-12)8-15-10-3-5-11(6-4-10)16(2,13)14/h3-6,9H,7-8H2,1-2H3. The molecular formula is C11H15BrO3S. The van der Waals surface area contributed by atoms with Gasteiger partial charge in [-0.3, -0.25) is 0 Å². The first-order valence-corrected chi connectivity index (χ1v) is 7.93. The average Bonchev–Trinajstić information content (AvgIpc) is 2.25. The Morgan fingerprint density at radius 1 is 1.31 bits per heavy atom. The molecule has 0 fully saturated rings. The maximum atomic E-state index is 11.2. The Morgan fingerprint density at radius 3 is 2.31 bits per heavy atom. The van der Waals surface area contributed by atoms with Crippen LogP contribution >= 0.6 is 15.9 Å². The molecule has 1 aromatic carbocycles. The Kier molecular flexibility index (Phi) is 4.80. The number of rotatable bonds is 5. The minimum absolute atomic E-state index is 0.313. The molecule has 16 heavy (non-hydrogen) atoms. The third kappa shape index (κ3) is 4.14. The zero-order chi connectivity index (χ0) is 12.2. The molecule has 0 aliphatic carbocycles. The highest BCUT2D eigenvalue weighted by Gasteiger charge is 2.07. The fourth-order valence-corrected chi connectivity index (χ4v) is 1.88. The van der Waals surface area contributed by atoms with Crippen molar-refractivity contribution >= 4 is 25.8 Å². The number of sulfone groups is 1. The van der Waals surface area contributed by atoms with Crippen molar-refractivity contribution in [2.45, 2.75) is 11.8 Å². The first-order chi connectivity index (χ1) is 7.43. The Hall–Kier alpha value is -0.550. The van der Waals surface area contributed by atoms with Crippen LogP contribution in [0.4, 0.5) is 0 Å². The second-order valence-electron chi connectivity index (χ2n) is 3.81. The van der Waals surface area contributed by atoms with Gasteiger partial charge in [0.2, 0.25) is 0 Å². The summed E-state index contributed by atoms with van der Waals surface area (Å²) in [5, 5.41) is 0.883. The molecule has 0 saturated carbocycles. The summed E-state index contributed by atoms with van der Waals surface area (Å²) >= 11 is 3.37. The molecule has 0 spiro atoms. The van der Waals surface area contributed by atoms with Gasteiger partial charge in [-0.25, -0.2) is 8.42 Å². The van der Waals surface area contributed by atoms with Gasteiger partial charge in [0, 0.05) is 11.6 Å². The van der Waals surface area contributed by atoms with Gasteiger partial charge in [0.1, 0.15) is 5.75 Å². The summed E-state index contributed by atoms with van der Waals surface area (Å²) in [6.45, 7) is 2.68. The van der Waals surface area contributed by atoms with Crippen LogP contribution in [0.15, 0.2) is 29.2 Å². The van der Waals surface area contributed by atoms with Gasteiger partial charge in [0.25, 0.3) is 0 Å². The van der Waals surface area contributed by atoms with Crippen LogP contribution in [0.1, 0.15) is 6.92 Å². The lowest BCUT2D eigenvalue weighted by atomic mass is 10.2. The van der Waals surface area contributed by atoms with E-state index in [-0.39, 0.29) is 0 Å². The predicted octanol–water partition coefficient (Wildman–Crippen LogP) is 2.50. The molecule has 0 N–H and O–H groups in total. The van der Waals surface area contributed by atoms with Crippen LogP contribution in [-0.2, 0) is 9.84 Å². The van der Waals surface area contributed by atoms with Crippen molar-refractivity contribution in [2.75, 3.05) is 18.2 Å². The van der Waals surface area contributed by atoms with Crippen molar-refractivity contribution in [2.24, 2.45) is 5.92 Å². The van der Waals surface area contributed by atoms with Gasteiger partial charge in [-0.15, -0.1) is 0 Å². The smallest absolute Gasteiger partial charge is 0.175 e. The van der Waals surface area contributed by atoms with E-state index in [0.717, 1.165) is 5.33 Å². The van der Waals surface area contributed by atoms with E-state index in [0.29, 0.717) is 23.2 Å². The molecule has 1 rings (SSSR count). The van der Waals surface area contributed by atoms with Crippen LogP contribution in [0.2, 0.25) is 0 Å². The summed E-state index contributed by atoms with van der Waals surface area (Å²) in [5.41, 5.74) is 0. The van der Waals surface area contributed by atoms with Crippen molar-refractivity contribution in [3.63, 3.8) is 0 Å². The van der Waals surface area contributed by atoms with Crippen LogP contribution < -0.4 is 4.74 Å². The van der Waals surface area contributed by atoms with Crippen molar-refractivity contribution in [3.8, 4) is 5.75 Å². The van der Waals surface area contributed by atoms with Gasteiger partial charge in [-0.05, 0) is 30.2 Å². The number of halogens is 1. The summed E-state index contributed by atoms with van der Waals surface area (Å²) in [4.78, 5) is 0.313. The minimum Gasteiger partial charge on any atom is -0.493 e. The molecule has 90 valence electrons. The number of ether oxygens (including phenoxy) is 1. The number of alkyl halides is 1. The van der Waals surface area contributed by atoms with Crippen LogP contribution in [-0.4, -0.2) is 26.6 Å². The van der Waals surface area contributed by atoms with Crippen molar-refractivity contribution in [1.29, 1.82) is 0 Å². The Morgan fingerprint density at radius 2 is 1.88 bits per heavy atom. The highest BCUT2D eigenvalue weighted by molar-refractivity contribution is 9.09. The molecule has 1 atom stereocenters. The zero-order valence-electron chi connectivity index (χ0n) is 9.31. The van der Waals surface area contributed by atoms with Gasteiger partial charge >= 0.3 is 0 Å². The third-order valence-corrected chi connectivity index (χ3v) is 4.28. The second kappa shape index (κ2) is 5.68. The maximum absolute atomic E-state index is 11.2. The van der Waals surface area contributed by atoms with E-state index in [2.05, 4.69) is 22.9 Å². The normalized spacial score (nSPS) is 13.4. The quantitative estimate of drug-likeness (QED) is 0.785. The summed E-state index contributed by atoms with van der Waals surface area (Å²) in [7, 11) is -3.12. The molecule has 0 aromatic heterocycles.